The molecule has 2 aromatic carbocycles. The number of rotatable bonds is 5. The molecule has 0 aliphatic rings. The van der Waals surface area contributed by atoms with Crippen molar-refractivity contribution in [1.82, 2.24) is 0 Å². The lowest BCUT2D eigenvalue weighted by Crippen LogP contribution is -2.25. The van der Waals surface area contributed by atoms with Crippen LogP contribution in [0.3, 0.4) is 0 Å². The van der Waals surface area contributed by atoms with Gasteiger partial charge in [0.1, 0.15) is 17.7 Å². The first-order valence-electron chi connectivity index (χ1n) is 6.82. The van der Waals surface area contributed by atoms with Crippen LogP contribution in [0.2, 0.25) is 0 Å². The van der Waals surface area contributed by atoms with Crippen molar-refractivity contribution in [3.05, 3.63) is 59.7 Å². The van der Waals surface area contributed by atoms with Gasteiger partial charge in [-0.3, -0.25) is 0 Å². The number of sulfone groups is 1. The Balaban J connectivity index is 2.28. The van der Waals surface area contributed by atoms with Crippen LogP contribution in [0.4, 0.5) is 27.6 Å². The highest BCUT2D eigenvalue weighted by molar-refractivity contribution is 7.92. The summed E-state index contributed by atoms with van der Waals surface area (Å²) in [6.07, 6.45) is -1.75. The van der Waals surface area contributed by atoms with Gasteiger partial charge >= 0.3 is 5.51 Å². The zero-order valence-electron chi connectivity index (χ0n) is 12.4. The normalized spacial score (nSPS) is 13.5. The van der Waals surface area contributed by atoms with Crippen molar-refractivity contribution in [2.24, 2.45) is 0 Å². The van der Waals surface area contributed by atoms with E-state index in [-0.39, 0.29) is 0 Å². The standard InChI is InChI=1S/C15H12F5NO3S/c16-9-4-3-5-10(17)14(9)12(22)8-21-11-6-1-2-7-13(11)25(23,24)15(18,19)20/h1-7,12,21-22H,8H2. The molecule has 25 heavy (non-hydrogen) atoms. The molecule has 0 aliphatic carbocycles. The van der Waals surface area contributed by atoms with Crippen LogP contribution in [0.15, 0.2) is 47.4 Å². The molecule has 0 heterocycles. The molecule has 0 saturated heterocycles. The van der Waals surface area contributed by atoms with E-state index in [0.717, 1.165) is 36.4 Å². The molecule has 1 unspecified atom stereocenters. The molecule has 0 radical (unpaired) electrons. The second kappa shape index (κ2) is 6.96. The molecule has 4 nitrogen and oxygen atoms in total. The average molecular weight is 381 g/mol. The van der Waals surface area contributed by atoms with Gasteiger partial charge in [-0.2, -0.15) is 13.2 Å². The molecule has 2 N–H and O–H groups in total. The van der Waals surface area contributed by atoms with Crippen LogP contribution >= 0.6 is 0 Å². The fourth-order valence-electron chi connectivity index (χ4n) is 2.11. The van der Waals surface area contributed by atoms with E-state index in [9.17, 15) is 35.5 Å². The Hall–Kier alpha value is -2.20. The number of hydrogen-bond acceptors (Lipinski definition) is 4. The Bertz CT molecular complexity index is 847. The van der Waals surface area contributed by atoms with Gasteiger partial charge in [0, 0.05) is 6.54 Å². The maximum Gasteiger partial charge on any atom is 0.501 e. The summed E-state index contributed by atoms with van der Waals surface area (Å²) < 4.78 is 88.4. The Kier molecular flexibility index (Phi) is 5.33. The predicted octanol–water partition coefficient (Wildman–Crippen LogP) is 3.40. The first-order valence-corrected chi connectivity index (χ1v) is 8.30. The van der Waals surface area contributed by atoms with Crippen LogP contribution in [0.5, 0.6) is 0 Å². The quantitative estimate of drug-likeness (QED) is 0.779. The Labute approximate surface area is 139 Å². The third-order valence-electron chi connectivity index (χ3n) is 3.30. The van der Waals surface area contributed by atoms with Crippen molar-refractivity contribution in [3.8, 4) is 0 Å². The molecule has 0 aliphatic heterocycles. The Morgan fingerprint density at radius 2 is 1.56 bits per heavy atom. The summed E-state index contributed by atoms with van der Waals surface area (Å²) in [7, 11) is -5.63. The van der Waals surface area contributed by atoms with Gasteiger partial charge in [-0.05, 0) is 24.3 Å². The second-order valence-electron chi connectivity index (χ2n) is 4.98. The molecule has 0 fully saturated rings. The molecule has 0 bridgehead atoms. The number of para-hydroxylation sites is 1. The minimum Gasteiger partial charge on any atom is -0.386 e. The Morgan fingerprint density at radius 3 is 2.12 bits per heavy atom. The summed E-state index contributed by atoms with van der Waals surface area (Å²) in [6, 6.07) is 7.04. The minimum absolute atomic E-state index is 0.448. The van der Waals surface area contributed by atoms with Crippen molar-refractivity contribution < 1.29 is 35.5 Å². The fourth-order valence-corrected chi connectivity index (χ4v) is 3.05. The van der Waals surface area contributed by atoms with Crippen molar-refractivity contribution in [2.45, 2.75) is 16.5 Å². The number of hydrogen-bond donors (Lipinski definition) is 2. The smallest absolute Gasteiger partial charge is 0.386 e. The number of halogens is 5. The van der Waals surface area contributed by atoms with Gasteiger partial charge in [0.15, 0.2) is 0 Å². The molecular weight excluding hydrogens is 369 g/mol. The number of benzene rings is 2. The second-order valence-corrected chi connectivity index (χ2v) is 6.89. The van der Waals surface area contributed by atoms with Crippen molar-refractivity contribution >= 4 is 15.5 Å². The van der Waals surface area contributed by atoms with E-state index in [2.05, 4.69) is 5.32 Å². The highest BCUT2D eigenvalue weighted by Crippen LogP contribution is 2.34. The van der Waals surface area contributed by atoms with Crippen LogP contribution in [0.25, 0.3) is 0 Å². The van der Waals surface area contributed by atoms with E-state index in [1.54, 1.807) is 0 Å². The topological polar surface area (TPSA) is 66.4 Å². The summed E-state index contributed by atoms with van der Waals surface area (Å²) in [4.78, 5) is -1.05. The lowest BCUT2D eigenvalue weighted by atomic mass is 10.1. The van der Waals surface area contributed by atoms with Crippen LogP contribution in [0.1, 0.15) is 11.7 Å². The molecule has 0 amide bonds. The molecule has 0 saturated carbocycles. The van der Waals surface area contributed by atoms with Gasteiger partial charge in [-0.1, -0.05) is 18.2 Å². The SMILES string of the molecule is O=S(=O)(c1ccccc1NCC(O)c1c(F)cccc1F)C(F)(F)F. The van der Waals surface area contributed by atoms with Gasteiger partial charge in [-0.15, -0.1) is 0 Å². The predicted molar refractivity (Wildman–Crippen MR) is 79.5 cm³/mol. The monoisotopic (exact) mass is 381 g/mol. The number of aliphatic hydroxyl groups is 1. The summed E-state index contributed by atoms with van der Waals surface area (Å²) in [5.41, 5.74) is -6.64. The molecular formula is C15H12F5NO3S. The lowest BCUT2D eigenvalue weighted by Gasteiger charge is -2.17. The van der Waals surface area contributed by atoms with E-state index in [0.29, 0.717) is 0 Å². The first-order chi connectivity index (χ1) is 11.6. The average Bonchev–Trinajstić information content (AvgIpc) is 2.52. The first kappa shape index (κ1) is 19.1. The molecule has 10 heteroatoms. The van der Waals surface area contributed by atoms with Crippen LogP contribution in [-0.2, 0) is 9.84 Å². The molecule has 136 valence electrons. The molecule has 0 aromatic heterocycles. The summed E-state index contributed by atoms with van der Waals surface area (Å²) in [5.74, 6) is -2.07. The van der Waals surface area contributed by atoms with Crippen molar-refractivity contribution in [3.63, 3.8) is 0 Å². The molecule has 2 aromatic rings. The highest BCUT2D eigenvalue weighted by Gasteiger charge is 2.47. The lowest BCUT2D eigenvalue weighted by molar-refractivity contribution is -0.0435. The van der Waals surface area contributed by atoms with E-state index in [1.165, 1.54) is 6.07 Å². The zero-order valence-corrected chi connectivity index (χ0v) is 13.2. The number of alkyl halides is 3. The maximum absolute atomic E-state index is 13.6. The fraction of sp³-hybridized carbons (Fsp3) is 0.200. The maximum atomic E-state index is 13.6. The number of aliphatic hydroxyl groups excluding tert-OH is 1. The summed E-state index contributed by atoms with van der Waals surface area (Å²) in [5, 5.41) is 12.2. The molecule has 2 rings (SSSR count). The van der Waals surface area contributed by atoms with Crippen LogP contribution in [-0.4, -0.2) is 25.6 Å². The Morgan fingerprint density at radius 1 is 1.00 bits per heavy atom. The van der Waals surface area contributed by atoms with Crippen LogP contribution < -0.4 is 5.32 Å². The largest absolute Gasteiger partial charge is 0.501 e. The van der Waals surface area contributed by atoms with E-state index >= 15 is 0 Å². The van der Waals surface area contributed by atoms with E-state index in [1.807, 2.05) is 0 Å². The van der Waals surface area contributed by atoms with Gasteiger partial charge in [0.2, 0.25) is 0 Å². The summed E-state index contributed by atoms with van der Waals surface area (Å²) in [6.45, 7) is -0.609. The number of nitrogens with one attached hydrogen (secondary N) is 1. The van der Waals surface area contributed by atoms with Gasteiger partial charge in [0.25, 0.3) is 9.84 Å². The van der Waals surface area contributed by atoms with Crippen molar-refractivity contribution in [2.75, 3.05) is 11.9 Å². The van der Waals surface area contributed by atoms with Gasteiger partial charge < -0.3 is 10.4 Å². The highest BCUT2D eigenvalue weighted by atomic mass is 32.2. The molecule has 0 spiro atoms. The van der Waals surface area contributed by atoms with Gasteiger partial charge in [-0.25, -0.2) is 17.2 Å². The third-order valence-corrected chi connectivity index (χ3v) is 4.84. The van der Waals surface area contributed by atoms with Gasteiger partial charge in [0.05, 0.1) is 16.1 Å². The minimum atomic E-state index is -5.63. The van der Waals surface area contributed by atoms with E-state index < -0.39 is 55.8 Å². The third kappa shape index (κ3) is 3.90. The van der Waals surface area contributed by atoms with E-state index in [4.69, 9.17) is 0 Å². The zero-order chi connectivity index (χ0) is 18.8. The van der Waals surface area contributed by atoms with Crippen LogP contribution in [0, 0.1) is 11.6 Å². The summed E-state index contributed by atoms with van der Waals surface area (Å²) >= 11 is 0. The molecule has 1 atom stereocenters. The van der Waals surface area contributed by atoms with Crippen molar-refractivity contribution in [1.29, 1.82) is 0 Å². The number of anilines is 1.